The highest BCUT2D eigenvalue weighted by Gasteiger charge is 2.10. The van der Waals surface area contributed by atoms with Crippen LogP contribution in [0, 0.1) is 12.7 Å². The predicted octanol–water partition coefficient (Wildman–Crippen LogP) is 1.56. The number of nitrogens with one attached hydrogen (secondary N) is 1. The average Bonchev–Trinajstić information content (AvgIpc) is 2.35. The topological polar surface area (TPSA) is 56.3 Å². The van der Waals surface area contributed by atoms with E-state index in [9.17, 15) is 4.39 Å². The van der Waals surface area contributed by atoms with Gasteiger partial charge in [-0.05, 0) is 13.8 Å². The summed E-state index contributed by atoms with van der Waals surface area (Å²) >= 11 is 0. The van der Waals surface area contributed by atoms with Crippen LogP contribution in [-0.4, -0.2) is 43.4 Å². The Morgan fingerprint density at radius 2 is 2.00 bits per heavy atom. The van der Waals surface area contributed by atoms with Crippen molar-refractivity contribution in [2.24, 2.45) is 0 Å². The predicted molar refractivity (Wildman–Crippen MR) is 67.3 cm³/mol. The molecule has 0 unspecified atom stereocenters. The molecule has 0 fully saturated rings. The summed E-state index contributed by atoms with van der Waals surface area (Å²) in [6.07, 6.45) is 0.559. The zero-order valence-corrected chi connectivity index (χ0v) is 11.1. The van der Waals surface area contributed by atoms with Crippen LogP contribution in [0.1, 0.15) is 18.4 Å². The quantitative estimate of drug-likeness (QED) is 0.716. The summed E-state index contributed by atoms with van der Waals surface area (Å²) in [4.78, 5) is 8.23. The van der Waals surface area contributed by atoms with Gasteiger partial charge in [0.2, 0.25) is 0 Å². The van der Waals surface area contributed by atoms with E-state index in [0.29, 0.717) is 44.3 Å². The number of aromatic nitrogens is 2. The number of anilines is 1. The number of ether oxygens (including phenoxy) is 2. The second kappa shape index (κ2) is 7.94. The third-order valence-corrected chi connectivity index (χ3v) is 2.31. The molecular weight excluding hydrogens is 237 g/mol. The van der Waals surface area contributed by atoms with E-state index < -0.39 is 0 Å². The third kappa shape index (κ3) is 4.54. The lowest BCUT2D eigenvalue weighted by Crippen LogP contribution is -2.11. The lowest BCUT2D eigenvalue weighted by Gasteiger charge is -2.09. The summed E-state index contributed by atoms with van der Waals surface area (Å²) < 4.78 is 23.8. The summed E-state index contributed by atoms with van der Waals surface area (Å²) in [5.74, 6) is 0.458. The van der Waals surface area contributed by atoms with E-state index in [4.69, 9.17) is 9.47 Å². The van der Waals surface area contributed by atoms with E-state index in [1.54, 1.807) is 14.0 Å². The number of nitrogens with zero attached hydrogens (tertiary/aromatic N) is 2. The van der Waals surface area contributed by atoms with Gasteiger partial charge in [-0.25, -0.2) is 14.4 Å². The zero-order valence-electron chi connectivity index (χ0n) is 11.1. The van der Waals surface area contributed by atoms with Gasteiger partial charge in [0.05, 0.1) is 25.5 Å². The van der Waals surface area contributed by atoms with Crippen LogP contribution in [0.15, 0.2) is 0 Å². The van der Waals surface area contributed by atoms with E-state index in [1.165, 1.54) is 0 Å². The van der Waals surface area contributed by atoms with Crippen molar-refractivity contribution in [2.75, 3.05) is 38.8 Å². The number of methoxy groups -OCH3 is 1. The molecule has 1 rings (SSSR count). The van der Waals surface area contributed by atoms with Crippen LogP contribution >= 0.6 is 0 Å². The maximum absolute atomic E-state index is 13.6. The molecule has 0 amide bonds. The molecule has 0 bridgehead atoms. The van der Waals surface area contributed by atoms with Crippen LogP contribution < -0.4 is 5.32 Å². The minimum Gasteiger partial charge on any atom is -0.382 e. The van der Waals surface area contributed by atoms with Crippen LogP contribution in [0.5, 0.6) is 0 Å². The molecule has 1 N–H and O–H groups in total. The molecule has 0 saturated carbocycles. The van der Waals surface area contributed by atoms with Crippen molar-refractivity contribution in [1.82, 2.24) is 9.97 Å². The molecule has 0 spiro atoms. The van der Waals surface area contributed by atoms with Gasteiger partial charge in [0.25, 0.3) is 0 Å². The van der Waals surface area contributed by atoms with Crippen molar-refractivity contribution in [3.8, 4) is 0 Å². The molecule has 1 heterocycles. The van der Waals surface area contributed by atoms with Crippen LogP contribution in [0.25, 0.3) is 0 Å². The van der Waals surface area contributed by atoms with E-state index in [1.807, 2.05) is 6.92 Å². The summed E-state index contributed by atoms with van der Waals surface area (Å²) in [7, 11) is 1.62. The fourth-order valence-corrected chi connectivity index (χ4v) is 1.42. The first-order valence-electron chi connectivity index (χ1n) is 6.02. The molecule has 0 aromatic carbocycles. The molecule has 0 atom stereocenters. The summed E-state index contributed by atoms with van der Waals surface area (Å²) in [6, 6.07) is 0. The largest absolute Gasteiger partial charge is 0.382 e. The molecule has 0 aliphatic carbocycles. The Hall–Kier alpha value is -1.27. The molecular formula is C12H20FN3O2. The summed E-state index contributed by atoms with van der Waals surface area (Å²) in [6.45, 7) is 5.75. The highest BCUT2D eigenvalue weighted by Crippen LogP contribution is 2.13. The van der Waals surface area contributed by atoms with Gasteiger partial charge < -0.3 is 14.8 Å². The number of rotatable bonds is 8. The molecule has 102 valence electrons. The van der Waals surface area contributed by atoms with Crippen molar-refractivity contribution >= 4 is 5.82 Å². The maximum atomic E-state index is 13.6. The summed E-state index contributed by atoms with van der Waals surface area (Å²) in [5, 5.41) is 2.88. The van der Waals surface area contributed by atoms with Gasteiger partial charge in [-0.3, -0.25) is 0 Å². The molecule has 5 nitrogen and oxygen atoms in total. The van der Waals surface area contributed by atoms with Crippen molar-refractivity contribution in [1.29, 1.82) is 0 Å². The third-order valence-electron chi connectivity index (χ3n) is 2.31. The molecule has 18 heavy (non-hydrogen) atoms. The first-order valence-corrected chi connectivity index (χ1v) is 6.02. The van der Waals surface area contributed by atoms with Crippen LogP contribution in [0.2, 0.25) is 0 Å². The minimum absolute atomic E-state index is 0.261. The molecule has 1 aromatic rings. The number of halogens is 1. The Balaban J connectivity index is 2.55. The molecule has 0 aliphatic rings. The Kier molecular flexibility index (Phi) is 6.53. The fraction of sp³-hybridized carbons (Fsp3) is 0.667. The van der Waals surface area contributed by atoms with Gasteiger partial charge in [0, 0.05) is 20.1 Å². The number of aryl methyl sites for hydroxylation is 1. The Labute approximate surface area is 107 Å². The van der Waals surface area contributed by atoms with E-state index in [2.05, 4.69) is 15.3 Å². The van der Waals surface area contributed by atoms with Crippen LogP contribution in [-0.2, 0) is 15.9 Å². The first kappa shape index (κ1) is 14.8. The SMILES string of the molecule is CCNc1nc(CCOCCOC)nc(C)c1F. The smallest absolute Gasteiger partial charge is 0.186 e. The van der Waals surface area contributed by atoms with Gasteiger partial charge in [-0.15, -0.1) is 0 Å². The highest BCUT2D eigenvalue weighted by molar-refractivity contribution is 5.37. The monoisotopic (exact) mass is 257 g/mol. The first-order chi connectivity index (χ1) is 8.69. The molecule has 1 aromatic heterocycles. The molecule has 6 heteroatoms. The second-order valence-corrected chi connectivity index (χ2v) is 3.77. The van der Waals surface area contributed by atoms with Crippen LogP contribution in [0.4, 0.5) is 10.2 Å². The lowest BCUT2D eigenvalue weighted by molar-refractivity contribution is 0.0716. The molecule has 0 aliphatic heterocycles. The van der Waals surface area contributed by atoms with Crippen molar-refractivity contribution in [3.63, 3.8) is 0 Å². The van der Waals surface area contributed by atoms with E-state index in [-0.39, 0.29) is 11.6 Å². The normalized spacial score (nSPS) is 10.7. The molecule has 0 radical (unpaired) electrons. The van der Waals surface area contributed by atoms with Crippen molar-refractivity contribution in [2.45, 2.75) is 20.3 Å². The summed E-state index contributed by atoms with van der Waals surface area (Å²) in [5.41, 5.74) is 0.354. The van der Waals surface area contributed by atoms with E-state index in [0.717, 1.165) is 0 Å². The minimum atomic E-state index is -0.388. The Morgan fingerprint density at radius 1 is 1.22 bits per heavy atom. The fourth-order valence-electron chi connectivity index (χ4n) is 1.42. The van der Waals surface area contributed by atoms with Crippen molar-refractivity contribution < 1.29 is 13.9 Å². The Morgan fingerprint density at radius 3 is 2.67 bits per heavy atom. The van der Waals surface area contributed by atoms with Gasteiger partial charge in [-0.2, -0.15) is 0 Å². The van der Waals surface area contributed by atoms with Crippen molar-refractivity contribution in [3.05, 3.63) is 17.3 Å². The number of hydrogen-bond donors (Lipinski definition) is 1. The van der Waals surface area contributed by atoms with Gasteiger partial charge in [-0.1, -0.05) is 0 Å². The maximum Gasteiger partial charge on any atom is 0.186 e. The second-order valence-electron chi connectivity index (χ2n) is 3.77. The standard InChI is InChI=1S/C12H20FN3O2/c1-4-14-12-11(13)9(2)15-10(16-12)5-6-18-8-7-17-3/h4-8H2,1-3H3,(H,14,15,16). The number of hydrogen-bond acceptors (Lipinski definition) is 5. The van der Waals surface area contributed by atoms with Gasteiger partial charge in [0.1, 0.15) is 5.82 Å². The Bertz CT molecular complexity index is 375. The van der Waals surface area contributed by atoms with Crippen LogP contribution in [0.3, 0.4) is 0 Å². The van der Waals surface area contributed by atoms with Gasteiger partial charge >= 0.3 is 0 Å². The zero-order chi connectivity index (χ0) is 13.4. The highest BCUT2D eigenvalue weighted by atomic mass is 19.1. The lowest BCUT2D eigenvalue weighted by atomic mass is 10.3. The molecule has 0 saturated heterocycles. The average molecular weight is 257 g/mol. The van der Waals surface area contributed by atoms with E-state index >= 15 is 0 Å². The van der Waals surface area contributed by atoms with Gasteiger partial charge in [0.15, 0.2) is 11.6 Å².